The van der Waals surface area contributed by atoms with Gasteiger partial charge in [-0.3, -0.25) is 9.59 Å². The van der Waals surface area contributed by atoms with Crippen molar-refractivity contribution in [2.75, 3.05) is 18.4 Å². The molecule has 2 N–H and O–H groups in total. The number of phenolic OH excluding ortho intramolecular Hbond substituents is 1. The lowest BCUT2D eigenvalue weighted by Crippen LogP contribution is -2.43. The van der Waals surface area contributed by atoms with Gasteiger partial charge in [0.15, 0.2) is 0 Å². The van der Waals surface area contributed by atoms with Gasteiger partial charge >= 0.3 is 0 Å². The second-order valence-electron chi connectivity index (χ2n) is 6.46. The summed E-state index contributed by atoms with van der Waals surface area (Å²) in [4.78, 5) is 26.9. The number of phenols is 1. The molecule has 0 saturated carbocycles. The molecule has 1 aliphatic rings. The summed E-state index contributed by atoms with van der Waals surface area (Å²) in [6.07, 6.45) is 1.52. The second kappa shape index (κ2) is 7.38. The van der Waals surface area contributed by atoms with E-state index in [0.29, 0.717) is 24.3 Å². The molecule has 1 fully saturated rings. The summed E-state index contributed by atoms with van der Waals surface area (Å²) in [5, 5.41) is 12.5. The molecule has 5 heteroatoms. The van der Waals surface area contributed by atoms with Crippen molar-refractivity contribution in [1.82, 2.24) is 4.90 Å². The Balaban J connectivity index is 1.66. The summed E-state index contributed by atoms with van der Waals surface area (Å²) in [5.74, 6) is -0.440. The first-order valence-electron chi connectivity index (χ1n) is 8.49. The maximum absolute atomic E-state index is 12.6. The first-order chi connectivity index (χ1) is 12.0. The van der Waals surface area contributed by atoms with Crippen LogP contribution < -0.4 is 5.32 Å². The minimum Gasteiger partial charge on any atom is -0.506 e. The normalized spacial score (nSPS) is 17.2. The fraction of sp³-hybridized carbons (Fsp3) is 0.300. The van der Waals surface area contributed by atoms with Crippen LogP contribution in [0.25, 0.3) is 0 Å². The fourth-order valence-corrected chi connectivity index (χ4v) is 3.07. The molecule has 25 heavy (non-hydrogen) atoms. The average molecular weight is 338 g/mol. The number of carbonyl (C=O) groups excluding carboxylic acids is 2. The number of hydrogen-bond donors (Lipinski definition) is 2. The molecule has 2 amide bonds. The van der Waals surface area contributed by atoms with Gasteiger partial charge in [0.25, 0.3) is 5.91 Å². The molecule has 1 heterocycles. The third kappa shape index (κ3) is 3.99. The topological polar surface area (TPSA) is 69.6 Å². The Bertz CT molecular complexity index is 771. The molecule has 0 aromatic heterocycles. The average Bonchev–Trinajstić information content (AvgIpc) is 2.64. The second-order valence-corrected chi connectivity index (χ2v) is 6.46. The lowest BCUT2D eigenvalue weighted by molar-refractivity contribution is -0.121. The number of aryl methyl sites for hydroxylation is 1. The standard InChI is InChI=1S/C20H22N2O3/c1-14-8-10-15(11-9-14)20(25)22-12-4-5-16(13-22)19(24)21-17-6-2-3-7-18(17)23/h2-3,6-11,16,23H,4-5,12-13H2,1H3,(H,21,24)/t16-/m0/s1. The molecular formula is C20H22N2O3. The molecule has 1 aliphatic heterocycles. The highest BCUT2D eigenvalue weighted by Crippen LogP contribution is 2.25. The van der Waals surface area contributed by atoms with Crippen LogP contribution in [0.1, 0.15) is 28.8 Å². The zero-order valence-corrected chi connectivity index (χ0v) is 14.2. The molecule has 2 aromatic carbocycles. The van der Waals surface area contributed by atoms with Gasteiger partial charge in [0, 0.05) is 18.7 Å². The van der Waals surface area contributed by atoms with Crippen LogP contribution in [0.15, 0.2) is 48.5 Å². The highest BCUT2D eigenvalue weighted by molar-refractivity contribution is 5.96. The fourth-order valence-electron chi connectivity index (χ4n) is 3.07. The van der Waals surface area contributed by atoms with Crippen LogP contribution in [-0.4, -0.2) is 34.9 Å². The van der Waals surface area contributed by atoms with Crippen LogP contribution in [0.2, 0.25) is 0 Å². The van der Waals surface area contributed by atoms with E-state index >= 15 is 0 Å². The summed E-state index contributed by atoms with van der Waals surface area (Å²) in [6, 6.07) is 14.1. The summed E-state index contributed by atoms with van der Waals surface area (Å²) < 4.78 is 0. The Hall–Kier alpha value is -2.82. The smallest absolute Gasteiger partial charge is 0.253 e. The monoisotopic (exact) mass is 338 g/mol. The zero-order chi connectivity index (χ0) is 17.8. The predicted octanol–water partition coefficient (Wildman–Crippen LogP) is 3.19. The number of nitrogens with zero attached hydrogens (tertiary/aromatic N) is 1. The van der Waals surface area contributed by atoms with E-state index in [4.69, 9.17) is 0 Å². The van der Waals surface area contributed by atoms with Crippen molar-refractivity contribution in [2.24, 2.45) is 5.92 Å². The van der Waals surface area contributed by atoms with E-state index in [1.807, 2.05) is 31.2 Å². The van der Waals surface area contributed by atoms with E-state index in [9.17, 15) is 14.7 Å². The van der Waals surface area contributed by atoms with Gasteiger partial charge in [0.1, 0.15) is 5.75 Å². The van der Waals surface area contributed by atoms with Crippen molar-refractivity contribution in [1.29, 1.82) is 0 Å². The largest absolute Gasteiger partial charge is 0.506 e. The van der Waals surface area contributed by atoms with Crippen molar-refractivity contribution in [3.63, 3.8) is 0 Å². The molecule has 5 nitrogen and oxygen atoms in total. The van der Waals surface area contributed by atoms with E-state index in [2.05, 4.69) is 5.32 Å². The number of aromatic hydroxyl groups is 1. The van der Waals surface area contributed by atoms with Gasteiger partial charge < -0.3 is 15.3 Å². The number of amides is 2. The van der Waals surface area contributed by atoms with E-state index < -0.39 is 0 Å². The van der Waals surface area contributed by atoms with Gasteiger partial charge in [0.05, 0.1) is 11.6 Å². The molecule has 0 radical (unpaired) electrons. The van der Waals surface area contributed by atoms with Gasteiger partial charge in [-0.2, -0.15) is 0 Å². The Morgan fingerprint density at radius 3 is 2.56 bits per heavy atom. The number of para-hydroxylation sites is 2. The molecule has 0 bridgehead atoms. The quantitative estimate of drug-likeness (QED) is 0.845. The summed E-state index contributed by atoms with van der Waals surface area (Å²) in [7, 11) is 0. The van der Waals surface area contributed by atoms with Gasteiger partial charge in [-0.25, -0.2) is 0 Å². The third-order valence-electron chi connectivity index (χ3n) is 4.54. The lowest BCUT2D eigenvalue weighted by atomic mass is 9.96. The van der Waals surface area contributed by atoms with Crippen molar-refractivity contribution >= 4 is 17.5 Å². The van der Waals surface area contributed by atoms with Crippen molar-refractivity contribution < 1.29 is 14.7 Å². The van der Waals surface area contributed by atoms with Crippen molar-refractivity contribution in [3.8, 4) is 5.75 Å². The molecule has 1 saturated heterocycles. The lowest BCUT2D eigenvalue weighted by Gasteiger charge is -2.32. The van der Waals surface area contributed by atoms with Gasteiger partial charge in [-0.1, -0.05) is 29.8 Å². The molecular weight excluding hydrogens is 316 g/mol. The summed E-state index contributed by atoms with van der Waals surface area (Å²) in [5.41, 5.74) is 2.15. The Labute approximate surface area is 147 Å². The first kappa shape index (κ1) is 17.0. The molecule has 0 aliphatic carbocycles. The van der Waals surface area contributed by atoms with E-state index in [1.54, 1.807) is 23.1 Å². The minimum atomic E-state index is -0.275. The van der Waals surface area contributed by atoms with Gasteiger partial charge in [0.2, 0.25) is 5.91 Å². The van der Waals surface area contributed by atoms with Crippen LogP contribution >= 0.6 is 0 Å². The maximum atomic E-state index is 12.6. The molecule has 130 valence electrons. The van der Waals surface area contributed by atoms with E-state index in [1.165, 1.54) is 6.07 Å². The van der Waals surface area contributed by atoms with Crippen LogP contribution in [0.5, 0.6) is 5.75 Å². The molecule has 0 spiro atoms. The van der Waals surface area contributed by atoms with Crippen LogP contribution in [-0.2, 0) is 4.79 Å². The van der Waals surface area contributed by atoms with Gasteiger partial charge in [-0.15, -0.1) is 0 Å². The number of hydrogen-bond acceptors (Lipinski definition) is 3. The highest BCUT2D eigenvalue weighted by Gasteiger charge is 2.29. The van der Waals surface area contributed by atoms with Crippen LogP contribution in [0, 0.1) is 12.8 Å². The maximum Gasteiger partial charge on any atom is 0.253 e. The highest BCUT2D eigenvalue weighted by atomic mass is 16.3. The van der Waals surface area contributed by atoms with Crippen LogP contribution in [0.3, 0.4) is 0 Å². The Morgan fingerprint density at radius 2 is 1.84 bits per heavy atom. The predicted molar refractivity (Wildman–Crippen MR) is 96.5 cm³/mol. The van der Waals surface area contributed by atoms with E-state index in [-0.39, 0.29) is 23.5 Å². The summed E-state index contributed by atoms with van der Waals surface area (Å²) in [6.45, 7) is 3.04. The number of carbonyl (C=O) groups is 2. The number of piperidine rings is 1. The number of nitrogens with one attached hydrogen (secondary N) is 1. The SMILES string of the molecule is Cc1ccc(C(=O)N2CCC[C@H](C(=O)Nc3ccccc3O)C2)cc1. The van der Waals surface area contributed by atoms with E-state index in [0.717, 1.165) is 18.4 Å². The molecule has 1 atom stereocenters. The minimum absolute atomic E-state index is 0.0410. The zero-order valence-electron chi connectivity index (χ0n) is 14.2. The molecule has 3 rings (SSSR count). The number of benzene rings is 2. The van der Waals surface area contributed by atoms with Crippen molar-refractivity contribution in [3.05, 3.63) is 59.7 Å². The van der Waals surface area contributed by atoms with Crippen molar-refractivity contribution in [2.45, 2.75) is 19.8 Å². The van der Waals surface area contributed by atoms with Gasteiger partial charge in [-0.05, 0) is 44.0 Å². The Kier molecular flexibility index (Phi) is 5.03. The number of rotatable bonds is 3. The Morgan fingerprint density at radius 1 is 1.12 bits per heavy atom. The van der Waals surface area contributed by atoms with Crippen LogP contribution in [0.4, 0.5) is 5.69 Å². The molecule has 0 unspecified atom stereocenters. The third-order valence-corrected chi connectivity index (χ3v) is 4.54. The number of anilines is 1. The first-order valence-corrected chi connectivity index (χ1v) is 8.49. The summed E-state index contributed by atoms with van der Waals surface area (Å²) >= 11 is 0. The molecule has 2 aromatic rings. The number of likely N-dealkylation sites (tertiary alicyclic amines) is 1.